The Kier molecular flexibility index (Phi) is 6.52. The molecule has 2 aromatic carbocycles. The molecule has 0 amide bonds. The largest absolute Gasteiger partial charge is 0.378 e. The van der Waals surface area contributed by atoms with E-state index >= 15 is 0 Å². The van der Waals surface area contributed by atoms with E-state index in [1.807, 2.05) is 34.9 Å². The van der Waals surface area contributed by atoms with Crippen molar-refractivity contribution < 1.29 is 13.2 Å². The lowest BCUT2D eigenvalue weighted by Crippen LogP contribution is -2.36. The molecule has 1 aliphatic heterocycles. The molecule has 0 atom stereocenters. The van der Waals surface area contributed by atoms with Gasteiger partial charge < -0.3 is 20.3 Å². The van der Waals surface area contributed by atoms with Crippen LogP contribution < -0.4 is 15.5 Å². The predicted molar refractivity (Wildman–Crippen MR) is 147 cm³/mol. The van der Waals surface area contributed by atoms with Gasteiger partial charge in [-0.3, -0.25) is 4.57 Å². The van der Waals surface area contributed by atoms with Crippen molar-refractivity contribution in [3.63, 3.8) is 0 Å². The number of nitrogen functional groups attached to an aromatic ring is 1. The summed E-state index contributed by atoms with van der Waals surface area (Å²) in [5.41, 5.74) is 11.4. The lowest BCUT2D eigenvalue weighted by atomic mass is 10.1. The van der Waals surface area contributed by atoms with Crippen LogP contribution in [0.2, 0.25) is 0 Å². The molecule has 0 radical (unpaired) electrons. The summed E-state index contributed by atoms with van der Waals surface area (Å²) in [6.45, 7) is 3.19. The fourth-order valence-electron chi connectivity index (χ4n) is 4.50. The molecule has 10 nitrogen and oxygen atoms in total. The van der Waals surface area contributed by atoms with Crippen LogP contribution >= 0.6 is 0 Å². The summed E-state index contributed by atoms with van der Waals surface area (Å²) in [4.78, 5) is 13.2. The Labute approximate surface area is 216 Å². The van der Waals surface area contributed by atoms with Crippen molar-refractivity contribution in [2.24, 2.45) is 0 Å². The van der Waals surface area contributed by atoms with Crippen molar-refractivity contribution in [1.29, 1.82) is 0 Å². The summed E-state index contributed by atoms with van der Waals surface area (Å²) >= 11 is 0. The minimum atomic E-state index is -3.71. The first kappa shape index (κ1) is 25.0. The molecule has 2 N–H and O–H groups in total. The highest BCUT2D eigenvalue weighted by molar-refractivity contribution is 7.89. The SMILES string of the molecule is CN(C)c1ncc(-c2ccc3nc(N)n(-c4ccc(N5CCOCC5)cc4)c3c2)cc1S(=O)(=O)N(C)C. The Balaban J connectivity index is 1.57. The molecule has 1 saturated heterocycles. The van der Waals surface area contributed by atoms with Crippen LogP contribution in [0.4, 0.5) is 17.5 Å². The average molecular weight is 522 g/mol. The standard InChI is InChI=1S/C26H31N7O3S/c1-30(2)25-24(37(34,35)31(3)4)16-19(17-28-25)18-5-10-22-23(15-18)33(26(27)29-22)21-8-6-20(7-9-21)32-11-13-36-14-12-32/h5-10,15-17H,11-14H2,1-4H3,(H2,27,29). The maximum Gasteiger partial charge on any atom is 0.246 e. The Hall–Kier alpha value is -3.67. The van der Waals surface area contributed by atoms with Crippen molar-refractivity contribution in [3.8, 4) is 16.8 Å². The Morgan fingerprint density at radius 3 is 2.24 bits per heavy atom. The number of morpholine rings is 1. The molecule has 2 aromatic heterocycles. The van der Waals surface area contributed by atoms with Crippen LogP contribution in [0.5, 0.6) is 0 Å². The molecular formula is C26H31N7O3S. The van der Waals surface area contributed by atoms with Crippen LogP contribution in [0.1, 0.15) is 0 Å². The topological polar surface area (TPSA) is 110 Å². The van der Waals surface area contributed by atoms with E-state index in [1.54, 1.807) is 31.3 Å². The zero-order valence-corrected chi connectivity index (χ0v) is 22.2. The molecule has 5 rings (SSSR count). The number of sulfonamides is 1. The maximum absolute atomic E-state index is 13.1. The number of hydrogen-bond donors (Lipinski definition) is 1. The van der Waals surface area contributed by atoms with Gasteiger partial charge in [0, 0.05) is 64.4 Å². The third-order valence-corrected chi connectivity index (χ3v) is 8.33. The predicted octanol–water partition coefficient (Wildman–Crippen LogP) is 2.82. The normalized spacial score (nSPS) is 14.5. The zero-order chi connectivity index (χ0) is 26.3. The molecule has 0 bridgehead atoms. The van der Waals surface area contributed by atoms with Gasteiger partial charge in [0.1, 0.15) is 10.7 Å². The van der Waals surface area contributed by atoms with Crippen molar-refractivity contribution in [3.05, 3.63) is 54.7 Å². The number of aromatic nitrogens is 3. The summed E-state index contributed by atoms with van der Waals surface area (Å²) in [7, 11) is 2.86. The lowest BCUT2D eigenvalue weighted by molar-refractivity contribution is 0.122. The number of nitrogens with zero attached hydrogens (tertiary/aromatic N) is 6. The third kappa shape index (κ3) is 4.61. The van der Waals surface area contributed by atoms with Gasteiger partial charge in [-0.2, -0.15) is 0 Å². The van der Waals surface area contributed by atoms with Crippen LogP contribution in [-0.2, 0) is 14.8 Å². The highest BCUT2D eigenvalue weighted by Crippen LogP contribution is 2.32. The number of anilines is 3. The first-order valence-electron chi connectivity index (χ1n) is 12.0. The van der Waals surface area contributed by atoms with Gasteiger partial charge in [-0.05, 0) is 48.0 Å². The molecule has 0 unspecified atom stereocenters. The summed E-state index contributed by atoms with van der Waals surface area (Å²) in [6, 6.07) is 15.6. The second-order valence-electron chi connectivity index (χ2n) is 9.35. The number of nitrogens with two attached hydrogens (primary N) is 1. The van der Waals surface area contributed by atoms with E-state index in [0.717, 1.165) is 54.3 Å². The van der Waals surface area contributed by atoms with E-state index in [9.17, 15) is 8.42 Å². The molecule has 3 heterocycles. The van der Waals surface area contributed by atoms with Gasteiger partial charge in [0.25, 0.3) is 0 Å². The maximum atomic E-state index is 13.1. The van der Waals surface area contributed by atoms with Crippen molar-refractivity contribution in [2.75, 3.05) is 70.0 Å². The molecule has 0 aliphatic carbocycles. The van der Waals surface area contributed by atoms with Gasteiger partial charge >= 0.3 is 0 Å². The fourth-order valence-corrected chi connectivity index (χ4v) is 5.63. The monoisotopic (exact) mass is 521 g/mol. The van der Waals surface area contributed by atoms with E-state index in [1.165, 1.54) is 18.4 Å². The molecule has 1 fully saturated rings. The number of imidazole rings is 1. The molecule has 0 saturated carbocycles. The van der Waals surface area contributed by atoms with Crippen LogP contribution in [0.25, 0.3) is 27.8 Å². The zero-order valence-electron chi connectivity index (χ0n) is 21.4. The molecule has 37 heavy (non-hydrogen) atoms. The smallest absolute Gasteiger partial charge is 0.246 e. The van der Waals surface area contributed by atoms with Gasteiger partial charge in [0.2, 0.25) is 16.0 Å². The highest BCUT2D eigenvalue weighted by atomic mass is 32.2. The summed E-state index contributed by atoms with van der Waals surface area (Å²) in [5, 5.41) is 0. The van der Waals surface area contributed by atoms with E-state index in [0.29, 0.717) is 17.3 Å². The first-order chi connectivity index (χ1) is 17.7. The van der Waals surface area contributed by atoms with E-state index in [4.69, 9.17) is 10.5 Å². The Morgan fingerprint density at radius 2 is 1.59 bits per heavy atom. The fraction of sp³-hybridized carbons (Fsp3) is 0.308. The molecular weight excluding hydrogens is 490 g/mol. The van der Waals surface area contributed by atoms with E-state index in [2.05, 4.69) is 27.0 Å². The summed E-state index contributed by atoms with van der Waals surface area (Å²) < 4.78 is 34.7. The number of ether oxygens (including phenoxy) is 1. The van der Waals surface area contributed by atoms with E-state index < -0.39 is 10.0 Å². The van der Waals surface area contributed by atoms with Crippen LogP contribution in [0.3, 0.4) is 0 Å². The first-order valence-corrected chi connectivity index (χ1v) is 13.4. The van der Waals surface area contributed by atoms with Crippen molar-refractivity contribution >= 4 is 38.5 Å². The number of hydrogen-bond acceptors (Lipinski definition) is 8. The molecule has 11 heteroatoms. The number of benzene rings is 2. The number of pyridine rings is 1. The second-order valence-corrected chi connectivity index (χ2v) is 11.5. The molecule has 0 spiro atoms. The van der Waals surface area contributed by atoms with Gasteiger partial charge in [-0.25, -0.2) is 22.7 Å². The van der Waals surface area contributed by atoms with Gasteiger partial charge in [-0.15, -0.1) is 0 Å². The van der Waals surface area contributed by atoms with Crippen LogP contribution in [-0.4, -0.2) is 81.8 Å². The number of fused-ring (bicyclic) bond motifs is 1. The third-order valence-electron chi connectivity index (χ3n) is 6.51. The minimum absolute atomic E-state index is 0.145. The summed E-state index contributed by atoms with van der Waals surface area (Å²) in [5.74, 6) is 0.761. The molecule has 1 aliphatic rings. The Morgan fingerprint density at radius 1 is 0.919 bits per heavy atom. The minimum Gasteiger partial charge on any atom is -0.378 e. The quantitative estimate of drug-likeness (QED) is 0.413. The molecule has 194 valence electrons. The average Bonchev–Trinajstić information content (AvgIpc) is 3.23. The highest BCUT2D eigenvalue weighted by Gasteiger charge is 2.24. The van der Waals surface area contributed by atoms with Gasteiger partial charge in [0.05, 0.1) is 24.2 Å². The number of rotatable bonds is 6. The molecule has 4 aromatic rings. The van der Waals surface area contributed by atoms with Crippen molar-refractivity contribution in [2.45, 2.75) is 4.90 Å². The van der Waals surface area contributed by atoms with E-state index in [-0.39, 0.29) is 4.90 Å². The second kappa shape index (κ2) is 9.66. The van der Waals surface area contributed by atoms with Gasteiger partial charge in [-0.1, -0.05) is 6.07 Å². The Bertz CT molecular complexity index is 1540. The summed E-state index contributed by atoms with van der Waals surface area (Å²) in [6.07, 6.45) is 1.69. The lowest BCUT2D eigenvalue weighted by Gasteiger charge is -2.29. The van der Waals surface area contributed by atoms with Crippen molar-refractivity contribution in [1.82, 2.24) is 18.8 Å². The van der Waals surface area contributed by atoms with Crippen LogP contribution in [0.15, 0.2) is 59.6 Å². The van der Waals surface area contributed by atoms with Gasteiger partial charge in [0.15, 0.2) is 0 Å². The van der Waals surface area contributed by atoms with Crippen LogP contribution in [0, 0.1) is 0 Å².